The first-order chi connectivity index (χ1) is 11.8. The van der Waals surface area contributed by atoms with Gasteiger partial charge >= 0.3 is 0 Å². The van der Waals surface area contributed by atoms with E-state index in [0.717, 1.165) is 29.2 Å². The molecule has 0 spiro atoms. The van der Waals surface area contributed by atoms with Crippen LogP contribution >= 0.6 is 11.3 Å². The van der Waals surface area contributed by atoms with E-state index in [1.165, 1.54) is 30.7 Å². The molecule has 1 N–H and O–H groups in total. The Morgan fingerprint density at radius 3 is 3.04 bits per heavy atom. The van der Waals surface area contributed by atoms with Crippen molar-refractivity contribution in [3.8, 4) is 11.1 Å². The Hall–Kier alpha value is -1.69. The molecule has 2 atom stereocenters. The van der Waals surface area contributed by atoms with Crippen molar-refractivity contribution in [2.45, 2.75) is 25.0 Å². The number of ether oxygens (including phenoxy) is 1. The molecule has 0 radical (unpaired) electrons. The average molecular weight is 342 g/mol. The molecule has 5 heteroatoms. The van der Waals surface area contributed by atoms with Gasteiger partial charge in [0.05, 0.1) is 17.6 Å². The minimum Gasteiger partial charge on any atom is -0.373 e. The summed E-state index contributed by atoms with van der Waals surface area (Å²) in [7, 11) is 0. The lowest BCUT2D eigenvalue weighted by atomic mass is 10.1. The van der Waals surface area contributed by atoms with Crippen molar-refractivity contribution in [2.75, 3.05) is 26.2 Å². The van der Waals surface area contributed by atoms with Gasteiger partial charge in [0.2, 0.25) is 0 Å². The topological polar surface area (TPSA) is 41.6 Å². The highest BCUT2D eigenvalue weighted by molar-refractivity contribution is 7.12. The first-order valence-corrected chi connectivity index (χ1v) is 9.46. The number of benzene rings is 1. The Balaban J connectivity index is 1.38. The van der Waals surface area contributed by atoms with Crippen molar-refractivity contribution in [1.29, 1.82) is 0 Å². The molecule has 2 fully saturated rings. The molecule has 2 aliphatic rings. The number of hydrogen-bond acceptors (Lipinski definition) is 4. The van der Waals surface area contributed by atoms with Crippen molar-refractivity contribution in [3.05, 3.63) is 46.7 Å². The predicted octanol–water partition coefficient (Wildman–Crippen LogP) is 3.01. The Bertz CT molecular complexity index is 700. The lowest BCUT2D eigenvalue weighted by Crippen LogP contribution is -2.50. The molecule has 1 amide bonds. The summed E-state index contributed by atoms with van der Waals surface area (Å²) in [5.74, 6) is -0.00371. The fourth-order valence-corrected chi connectivity index (χ4v) is 4.46. The zero-order valence-corrected chi connectivity index (χ0v) is 14.4. The van der Waals surface area contributed by atoms with E-state index in [4.69, 9.17) is 4.74 Å². The van der Waals surface area contributed by atoms with Crippen molar-refractivity contribution < 1.29 is 9.53 Å². The summed E-state index contributed by atoms with van der Waals surface area (Å²) in [5.41, 5.74) is 2.08. The van der Waals surface area contributed by atoms with Crippen LogP contribution in [-0.2, 0) is 4.74 Å². The van der Waals surface area contributed by atoms with Gasteiger partial charge in [0.25, 0.3) is 5.91 Å². The largest absolute Gasteiger partial charge is 0.373 e. The van der Waals surface area contributed by atoms with Crippen LogP contribution in [0.2, 0.25) is 0 Å². The van der Waals surface area contributed by atoms with Crippen molar-refractivity contribution in [1.82, 2.24) is 10.2 Å². The number of carbonyl (C=O) groups excluding carboxylic acids is 1. The van der Waals surface area contributed by atoms with Crippen molar-refractivity contribution in [3.63, 3.8) is 0 Å². The van der Waals surface area contributed by atoms with Gasteiger partial charge in [-0.1, -0.05) is 30.3 Å². The smallest absolute Gasteiger partial charge is 0.262 e. The normalized spacial score (nSPS) is 23.8. The highest BCUT2D eigenvalue weighted by Gasteiger charge is 2.32. The van der Waals surface area contributed by atoms with E-state index in [2.05, 4.69) is 10.2 Å². The number of nitrogens with one attached hydrogen (secondary N) is 1. The van der Waals surface area contributed by atoms with E-state index in [1.54, 1.807) is 0 Å². The molecule has 24 heavy (non-hydrogen) atoms. The van der Waals surface area contributed by atoms with Crippen molar-refractivity contribution >= 4 is 17.2 Å². The summed E-state index contributed by atoms with van der Waals surface area (Å²) >= 11 is 1.49. The Labute approximate surface area is 146 Å². The number of thiophene rings is 1. The second-order valence-corrected chi connectivity index (χ2v) is 7.40. The number of morpholine rings is 1. The molecule has 0 saturated carbocycles. The van der Waals surface area contributed by atoms with Crippen LogP contribution in [0.25, 0.3) is 11.1 Å². The molecule has 0 bridgehead atoms. The van der Waals surface area contributed by atoms with Gasteiger partial charge in [0, 0.05) is 24.7 Å². The van der Waals surface area contributed by atoms with E-state index in [1.807, 2.05) is 41.8 Å². The average Bonchev–Trinajstić information content (AvgIpc) is 3.29. The Morgan fingerprint density at radius 2 is 2.17 bits per heavy atom. The van der Waals surface area contributed by atoms with E-state index >= 15 is 0 Å². The van der Waals surface area contributed by atoms with Gasteiger partial charge in [0.1, 0.15) is 0 Å². The molecule has 1 aromatic heterocycles. The van der Waals surface area contributed by atoms with Gasteiger partial charge in [-0.05, 0) is 36.4 Å². The van der Waals surface area contributed by atoms with E-state index in [9.17, 15) is 4.79 Å². The molecule has 126 valence electrons. The number of carbonyl (C=O) groups is 1. The lowest BCUT2D eigenvalue weighted by molar-refractivity contribution is -0.0461. The molecular formula is C19H22N2O2S. The number of rotatable bonds is 4. The first-order valence-electron chi connectivity index (χ1n) is 8.58. The maximum atomic E-state index is 12.6. The zero-order valence-electron chi connectivity index (χ0n) is 13.6. The highest BCUT2D eigenvalue weighted by atomic mass is 32.1. The monoisotopic (exact) mass is 342 g/mol. The third kappa shape index (κ3) is 3.24. The lowest BCUT2D eigenvalue weighted by Gasteiger charge is -2.35. The van der Waals surface area contributed by atoms with E-state index < -0.39 is 0 Å². The second-order valence-electron chi connectivity index (χ2n) is 6.49. The third-order valence-corrected chi connectivity index (χ3v) is 5.82. The summed E-state index contributed by atoms with van der Waals surface area (Å²) in [5, 5.41) is 5.04. The number of hydrogen-bond donors (Lipinski definition) is 1. The highest BCUT2D eigenvalue weighted by Crippen LogP contribution is 2.28. The number of amides is 1. The molecule has 2 saturated heterocycles. The molecule has 0 unspecified atom stereocenters. The molecule has 0 aliphatic carbocycles. The summed E-state index contributed by atoms with van der Waals surface area (Å²) in [4.78, 5) is 15.9. The Kier molecular flexibility index (Phi) is 4.65. The van der Waals surface area contributed by atoms with Gasteiger partial charge in [-0.15, -0.1) is 11.3 Å². The molecule has 2 aromatic rings. The van der Waals surface area contributed by atoms with Crippen molar-refractivity contribution in [2.24, 2.45) is 0 Å². The second kappa shape index (κ2) is 7.05. The van der Waals surface area contributed by atoms with Crippen LogP contribution < -0.4 is 5.32 Å². The molecule has 1 aromatic carbocycles. The summed E-state index contributed by atoms with van der Waals surface area (Å²) in [6, 6.07) is 12.7. The first kappa shape index (κ1) is 15.8. The third-order valence-electron chi connectivity index (χ3n) is 4.91. The van der Waals surface area contributed by atoms with Gasteiger partial charge in [-0.3, -0.25) is 9.69 Å². The number of fused-ring (bicyclic) bond motifs is 1. The summed E-state index contributed by atoms with van der Waals surface area (Å²) < 4.78 is 5.92. The van der Waals surface area contributed by atoms with Crippen LogP contribution in [0, 0.1) is 0 Å². The van der Waals surface area contributed by atoms with Gasteiger partial charge in [0.15, 0.2) is 0 Å². The van der Waals surface area contributed by atoms with Crippen LogP contribution in [0.15, 0.2) is 41.8 Å². The minimum absolute atomic E-state index is 0.00371. The molecule has 2 aliphatic heterocycles. The fourth-order valence-electron chi connectivity index (χ4n) is 3.63. The molecular weight excluding hydrogens is 320 g/mol. The van der Waals surface area contributed by atoms with Crippen LogP contribution in [0.1, 0.15) is 22.5 Å². The molecule has 4 rings (SSSR count). The maximum Gasteiger partial charge on any atom is 0.262 e. The predicted molar refractivity (Wildman–Crippen MR) is 96.4 cm³/mol. The molecule has 4 nitrogen and oxygen atoms in total. The minimum atomic E-state index is -0.00371. The zero-order chi connectivity index (χ0) is 16.4. The summed E-state index contributed by atoms with van der Waals surface area (Å²) in [6.07, 6.45) is 2.61. The van der Waals surface area contributed by atoms with Gasteiger partial charge < -0.3 is 10.1 Å². The van der Waals surface area contributed by atoms with Crippen LogP contribution in [0.5, 0.6) is 0 Å². The summed E-state index contributed by atoms with van der Waals surface area (Å²) in [6.45, 7) is 3.48. The maximum absolute atomic E-state index is 12.6. The molecule has 3 heterocycles. The van der Waals surface area contributed by atoms with Gasteiger partial charge in [-0.2, -0.15) is 0 Å². The van der Waals surface area contributed by atoms with Gasteiger partial charge in [-0.25, -0.2) is 0 Å². The van der Waals surface area contributed by atoms with E-state index in [0.29, 0.717) is 12.6 Å². The van der Waals surface area contributed by atoms with Crippen LogP contribution in [0.3, 0.4) is 0 Å². The van der Waals surface area contributed by atoms with Crippen LogP contribution in [0.4, 0.5) is 0 Å². The van der Waals surface area contributed by atoms with E-state index in [-0.39, 0.29) is 12.0 Å². The standard InChI is InChI=1S/C19H22N2O2S/c22-19(18-17(8-10-24-18)14-5-2-1-3-6-14)20-11-16-12-21-9-4-7-15(21)13-23-16/h1-3,5-6,8,10,15-16H,4,7,9,11-13H2,(H,20,22)/t15-,16-/m1/s1. The SMILES string of the molecule is O=C(NC[C@@H]1CN2CCC[C@@H]2CO1)c1sccc1-c1ccccc1. The van der Waals surface area contributed by atoms with Crippen LogP contribution in [-0.4, -0.2) is 49.2 Å². The quantitative estimate of drug-likeness (QED) is 0.929. The number of nitrogens with zero attached hydrogens (tertiary/aromatic N) is 1. The Morgan fingerprint density at radius 1 is 1.29 bits per heavy atom. The fraction of sp³-hybridized carbons (Fsp3) is 0.421.